The van der Waals surface area contributed by atoms with Gasteiger partial charge in [-0.2, -0.15) is 0 Å². The third kappa shape index (κ3) is 4.44. The van der Waals surface area contributed by atoms with Crippen LogP contribution in [0.3, 0.4) is 0 Å². The van der Waals surface area contributed by atoms with E-state index in [9.17, 15) is 9.59 Å². The number of hydrogen-bond acceptors (Lipinski definition) is 3. The fourth-order valence-corrected chi connectivity index (χ4v) is 1.46. The first-order valence-electron chi connectivity index (χ1n) is 5.20. The number of carbonyl (C=O) groups is 2. The van der Waals surface area contributed by atoms with Gasteiger partial charge in [0.25, 0.3) is 5.91 Å². The van der Waals surface area contributed by atoms with Gasteiger partial charge < -0.3 is 10.1 Å². The Balaban J connectivity index is 2.57. The van der Waals surface area contributed by atoms with E-state index in [4.69, 9.17) is 16.3 Å². The molecule has 0 saturated heterocycles. The maximum absolute atomic E-state index is 11.3. The van der Waals surface area contributed by atoms with Crippen LogP contribution < -0.4 is 10.1 Å². The van der Waals surface area contributed by atoms with Crippen LogP contribution >= 0.6 is 11.6 Å². The largest absolute Gasteiger partial charge is 0.482 e. The Morgan fingerprint density at radius 1 is 1.53 bits per heavy atom. The van der Waals surface area contributed by atoms with Crippen LogP contribution in [0.4, 0.5) is 0 Å². The second-order valence-corrected chi connectivity index (χ2v) is 4.23. The monoisotopic (exact) mass is 255 g/mol. The molecule has 1 N–H and O–H groups in total. The highest BCUT2D eigenvalue weighted by atomic mass is 35.5. The summed E-state index contributed by atoms with van der Waals surface area (Å²) >= 11 is 5.88. The maximum Gasteiger partial charge on any atom is 0.258 e. The summed E-state index contributed by atoms with van der Waals surface area (Å²) in [6.07, 6.45) is 0.696. The summed E-state index contributed by atoms with van der Waals surface area (Å²) in [4.78, 5) is 21.8. The lowest BCUT2D eigenvalue weighted by molar-refractivity contribution is -0.123. The van der Waals surface area contributed by atoms with Crippen LogP contribution in [-0.4, -0.2) is 24.8 Å². The lowest BCUT2D eigenvalue weighted by Gasteiger charge is -2.10. The number of hydrogen-bond donors (Lipinski definition) is 1. The summed E-state index contributed by atoms with van der Waals surface area (Å²) in [7, 11) is 0. The quantitative estimate of drug-likeness (QED) is 0.820. The van der Waals surface area contributed by atoms with Crippen LogP contribution in [0.15, 0.2) is 18.2 Å². The fourth-order valence-electron chi connectivity index (χ4n) is 1.21. The number of halogens is 1. The summed E-state index contributed by atoms with van der Waals surface area (Å²) in [5, 5.41) is 3.00. The molecule has 0 aliphatic carbocycles. The molecule has 0 aliphatic heterocycles. The standard InChI is InChI=1S/C12H14ClNO3/c1-8(2)14-12(16)7-17-11-4-3-9(6-15)5-10(11)13/h3-6,8H,7H2,1-2H3,(H,14,16). The molecule has 1 aromatic carbocycles. The minimum absolute atomic E-state index is 0.0685. The SMILES string of the molecule is CC(C)NC(=O)COc1ccc(C=O)cc1Cl. The molecule has 17 heavy (non-hydrogen) atoms. The minimum Gasteiger partial charge on any atom is -0.482 e. The van der Waals surface area contributed by atoms with E-state index in [1.54, 1.807) is 12.1 Å². The highest BCUT2D eigenvalue weighted by molar-refractivity contribution is 6.32. The first-order valence-corrected chi connectivity index (χ1v) is 5.57. The Morgan fingerprint density at radius 2 is 2.24 bits per heavy atom. The van der Waals surface area contributed by atoms with Crippen molar-refractivity contribution in [2.24, 2.45) is 0 Å². The first kappa shape index (κ1) is 13.5. The third-order valence-electron chi connectivity index (χ3n) is 1.90. The van der Waals surface area contributed by atoms with E-state index in [0.29, 0.717) is 22.6 Å². The highest BCUT2D eigenvalue weighted by Gasteiger charge is 2.07. The molecule has 0 heterocycles. The smallest absolute Gasteiger partial charge is 0.258 e. The zero-order valence-electron chi connectivity index (χ0n) is 9.70. The summed E-state index contributed by atoms with van der Waals surface area (Å²) in [6.45, 7) is 3.63. The molecule has 1 aromatic rings. The van der Waals surface area contributed by atoms with Crippen molar-refractivity contribution >= 4 is 23.8 Å². The molecule has 1 rings (SSSR count). The highest BCUT2D eigenvalue weighted by Crippen LogP contribution is 2.24. The normalized spacial score (nSPS) is 10.1. The van der Waals surface area contributed by atoms with Crippen LogP contribution in [0.1, 0.15) is 24.2 Å². The Kier molecular flexibility index (Phi) is 4.97. The van der Waals surface area contributed by atoms with Crippen molar-refractivity contribution in [3.8, 4) is 5.75 Å². The molecule has 4 nitrogen and oxygen atoms in total. The molecular formula is C12H14ClNO3. The molecule has 0 radical (unpaired) electrons. The van der Waals surface area contributed by atoms with Crippen LogP contribution in [0.5, 0.6) is 5.75 Å². The van der Waals surface area contributed by atoms with Gasteiger partial charge in [-0.3, -0.25) is 9.59 Å². The number of ether oxygens (including phenoxy) is 1. The molecule has 0 fully saturated rings. The van der Waals surface area contributed by atoms with Gasteiger partial charge in [0.15, 0.2) is 6.61 Å². The predicted molar refractivity (Wildman–Crippen MR) is 65.6 cm³/mol. The van der Waals surface area contributed by atoms with Gasteiger partial charge in [-0.25, -0.2) is 0 Å². The van der Waals surface area contributed by atoms with Crippen molar-refractivity contribution in [3.05, 3.63) is 28.8 Å². The van der Waals surface area contributed by atoms with Crippen molar-refractivity contribution in [1.29, 1.82) is 0 Å². The number of rotatable bonds is 5. The van der Waals surface area contributed by atoms with Crippen LogP contribution in [0.2, 0.25) is 5.02 Å². The molecule has 0 bridgehead atoms. The summed E-state index contributed by atoms with van der Waals surface area (Å²) in [6, 6.07) is 4.70. The van der Waals surface area contributed by atoms with Gasteiger partial charge >= 0.3 is 0 Å². The average molecular weight is 256 g/mol. The van der Waals surface area contributed by atoms with Crippen molar-refractivity contribution in [2.45, 2.75) is 19.9 Å². The van der Waals surface area contributed by atoms with Crippen LogP contribution in [-0.2, 0) is 4.79 Å². The number of nitrogens with one attached hydrogen (secondary N) is 1. The van der Waals surface area contributed by atoms with Crippen LogP contribution in [0, 0.1) is 0 Å². The zero-order valence-corrected chi connectivity index (χ0v) is 10.5. The number of benzene rings is 1. The van der Waals surface area contributed by atoms with E-state index in [2.05, 4.69) is 5.32 Å². The molecular weight excluding hydrogens is 242 g/mol. The van der Waals surface area contributed by atoms with Gasteiger partial charge in [-0.1, -0.05) is 11.6 Å². The van der Waals surface area contributed by atoms with E-state index in [1.165, 1.54) is 6.07 Å². The Morgan fingerprint density at radius 3 is 2.76 bits per heavy atom. The molecule has 5 heteroatoms. The van der Waals surface area contributed by atoms with Gasteiger partial charge in [-0.15, -0.1) is 0 Å². The van der Waals surface area contributed by atoms with E-state index >= 15 is 0 Å². The van der Waals surface area contributed by atoms with Crippen molar-refractivity contribution in [2.75, 3.05) is 6.61 Å². The summed E-state index contributed by atoms with van der Waals surface area (Å²) < 4.78 is 5.24. The molecule has 92 valence electrons. The zero-order chi connectivity index (χ0) is 12.8. The van der Waals surface area contributed by atoms with E-state index in [1.807, 2.05) is 13.8 Å². The molecule has 0 unspecified atom stereocenters. The van der Waals surface area contributed by atoms with Crippen molar-refractivity contribution in [3.63, 3.8) is 0 Å². The van der Waals surface area contributed by atoms with Crippen LogP contribution in [0.25, 0.3) is 0 Å². The van der Waals surface area contributed by atoms with E-state index in [0.717, 1.165) is 0 Å². The Labute approximate surface area is 105 Å². The summed E-state index contributed by atoms with van der Waals surface area (Å²) in [5.41, 5.74) is 0.467. The lowest BCUT2D eigenvalue weighted by atomic mass is 10.2. The van der Waals surface area contributed by atoms with Crippen molar-refractivity contribution < 1.29 is 14.3 Å². The van der Waals surface area contributed by atoms with Gasteiger partial charge in [0.2, 0.25) is 0 Å². The second kappa shape index (κ2) is 6.25. The second-order valence-electron chi connectivity index (χ2n) is 3.82. The first-order chi connectivity index (χ1) is 8.02. The topological polar surface area (TPSA) is 55.4 Å². The van der Waals surface area contributed by atoms with E-state index < -0.39 is 0 Å². The molecule has 0 saturated carbocycles. The van der Waals surface area contributed by atoms with Gasteiger partial charge in [0.1, 0.15) is 12.0 Å². The van der Waals surface area contributed by atoms with Gasteiger partial charge in [0.05, 0.1) is 5.02 Å². The fraction of sp³-hybridized carbons (Fsp3) is 0.333. The number of amides is 1. The Hall–Kier alpha value is -1.55. The van der Waals surface area contributed by atoms with E-state index in [-0.39, 0.29) is 18.6 Å². The average Bonchev–Trinajstić information content (AvgIpc) is 2.26. The number of aldehydes is 1. The maximum atomic E-state index is 11.3. The molecule has 0 spiro atoms. The van der Waals surface area contributed by atoms with Gasteiger partial charge in [-0.05, 0) is 32.0 Å². The minimum atomic E-state index is -0.212. The molecule has 0 aromatic heterocycles. The predicted octanol–water partition coefficient (Wildman–Crippen LogP) is 2.06. The van der Waals surface area contributed by atoms with Crippen molar-refractivity contribution in [1.82, 2.24) is 5.32 Å². The Bertz CT molecular complexity index is 418. The third-order valence-corrected chi connectivity index (χ3v) is 2.20. The van der Waals surface area contributed by atoms with Gasteiger partial charge in [0, 0.05) is 11.6 Å². The molecule has 1 amide bonds. The summed E-state index contributed by atoms with van der Waals surface area (Å²) in [5.74, 6) is 0.173. The molecule has 0 atom stereocenters. The number of carbonyl (C=O) groups excluding carboxylic acids is 2. The molecule has 0 aliphatic rings. The lowest BCUT2D eigenvalue weighted by Crippen LogP contribution is -2.34.